The number of carbonyl (C=O) groups is 3. The maximum Gasteiger partial charge on any atom is 0.306 e. The van der Waals surface area contributed by atoms with E-state index >= 15 is 0 Å². The van der Waals surface area contributed by atoms with Crippen molar-refractivity contribution in [1.29, 1.82) is 0 Å². The predicted octanol–water partition coefficient (Wildman–Crippen LogP) is 21.3. The number of esters is 3. The molecule has 0 aliphatic carbocycles. The highest BCUT2D eigenvalue weighted by atomic mass is 16.6. The van der Waals surface area contributed by atoms with Gasteiger partial charge in [0.1, 0.15) is 13.2 Å². The minimum atomic E-state index is -0.833. The fourth-order valence-corrected chi connectivity index (χ4v) is 7.92. The average molecular weight is 1060 g/mol. The Morgan fingerprint density at radius 3 is 0.857 bits per heavy atom. The number of ether oxygens (including phenoxy) is 3. The van der Waals surface area contributed by atoms with E-state index in [2.05, 4.69) is 179 Å². The van der Waals surface area contributed by atoms with Crippen molar-refractivity contribution in [2.75, 3.05) is 13.2 Å². The number of rotatable bonds is 54. The van der Waals surface area contributed by atoms with Crippen molar-refractivity contribution in [2.45, 2.75) is 258 Å². The quantitative estimate of drug-likeness (QED) is 0.0261. The largest absolute Gasteiger partial charge is 0.462 e. The molecule has 0 N–H and O–H groups in total. The molecule has 0 spiro atoms. The maximum absolute atomic E-state index is 12.9. The number of carbonyl (C=O) groups excluding carboxylic acids is 3. The molecule has 0 aliphatic rings. The second-order valence-electron chi connectivity index (χ2n) is 19.8. The zero-order valence-corrected chi connectivity index (χ0v) is 49.4. The first-order valence-corrected chi connectivity index (χ1v) is 31.0. The molecular formula is C71H112O6. The SMILES string of the molecule is CC/C=C\C/C=C\C/C=C\C/C=C\C/C=C\C/C=C\C/C=C\CCCCCC(=O)OCC(COC(=O)CCCCCCCCC/C=C\CCCCCCCC)OC(=O)CCC/C=C\C/C=C\C/C=C\C/C=C\C/C=C\CC. The highest BCUT2D eigenvalue weighted by molar-refractivity contribution is 5.71. The van der Waals surface area contributed by atoms with Gasteiger partial charge in [-0.15, -0.1) is 0 Å². The molecule has 0 rings (SSSR count). The highest BCUT2D eigenvalue weighted by Crippen LogP contribution is 2.13. The van der Waals surface area contributed by atoms with E-state index < -0.39 is 6.10 Å². The molecular weight excluding hydrogens is 949 g/mol. The molecule has 0 aromatic carbocycles. The van der Waals surface area contributed by atoms with Gasteiger partial charge in [0, 0.05) is 19.3 Å². The van der Waals surface area contributed by atoms with Crippen LogP contribution in [0.25, 0.3) is 0 Å². The molecule has 0 radical (unpaired) electrons. The Labute approximate surface area is 473 Å². The molecule has 1 unspecified atom stereocenters. The fourth-order valence-electron chi connectivity index (χ4n) is 7.92. The lowest BCUT2D eigenvalue weighted by Gasteiger charge is -2.18. The van der Waals surface area contributed by atoms with Gasteiger partial charge in [0.2, 0.25) is 0 Å². The second kappa shape index (κ2) is 63.6. The van der Waals surface area contributed by atoms with Gasteiger partial charge in [0.15, 0.2) is 6.10 Å². The van der Waals surface area contributed by atoms with Crippen molar-refractivity contribution >= 4 is 17.9 Å². The summed E-state index contributed by atoms with van der Waals surface area (Å²) in [6, 6.07) is 0. The summed E-state index contributed by atoms with van der Waals surface area (Å²) < 4.78 is 16.8. The topological polar surface area (TPSA) is 78.9 Å². The van der Waals surface area contributed by atoms with Crippen LogP contribution in [0.3, 0.4) is 0 Å². The van der Waals surface area contributed by atoms with Crippen LogP contribution in [-0.4, -0.2) is 37.2 Å². The maximum atomic E-state index is 12.9. The summed E-state index contributed by atoms with van der Waals surface area (Å²) in [7, 11) is 0. The number of hydrogen-bond acceptors (Lipinski definition) is 6. The summed E-state index contributed by atoms with van der Waals surface area (Å²) in [5.74, 6) is -1.02. The Morgan fingerprint density at radius 1 is 0.273 bits per heavy atom. The summed E-state index contributed by atoms with van der Waals surface area (Å²) >= 11 is 0. The van der Waals surface area contributed by atoms with Gasteiger partial charge in [-0.2, -0.15) is 0 Å². The number of allylic oxidation sites excluding steroid dienone is 26. The Kier molecular flexibility index (Phi) is 59.5. The Morgan fingerprint density at radius 2 is 0.519 bits per heavy atom. The van der Waals surface area contributed by atoms with Crippen molar-refractivity contribution < 1.29 is 28.6 Å². The summed E-state index contributed by atoms with van der Waals surface area (Å²) in [4.78, 5) is 38.3. The smallest absolute Gasteiger partial charge is 0.306 e. The molecule has 77 heavy (non-hydrogen) atoms. The molecule has 0 aliphatic heterocycles. The minimum Gasteiger partial charge on any atom is -0.462 e. The standard InChI is InChI=1S/C71H112O6/c1-4-7-10-13-16-19-22-25-28-31-32-33-34-35-36-37-38-41-43-46-49-52-55-58-61-64-70(73)76-67-68(77-71(74)65-62-59-56-53-50-47-44-40-30-27-24-21-18-15-12-9-6-3)66-75-69(72)63-60-57-54-51-48-45-42-39-29-26-23-20-17-14-11-8-5-2/h7,9-10,12,16,18-19,21,25-30,32-33,35-36,38,41,44,46-47,49,53,56,68H,4-6,8,11,13-15,17,20,22-24,31,34,37,39-40,42-43,45,48,50-52,54-55,57-67H2,1-3H3/b10-7-,12-9-,19-16-,21-18-,28-25-,29-26-,30-27-,33-32-,36-35-,41-38-,47-44-,49-46-,56-53-. The van der Waals surface area contributed by atoms with E-state index in [1.807, 2.05) is 0 Å². The van der Waals surface area contributed by atoms with Crippen LogP contribution in [0.15, 0.2) is 158 Å². The molecule has 0 bridgehead atoms. The Hall–Kier alpha value is -4.97. The molecule has 0 saturated carbocycles. The van der Waals surface area contributed by atoms with E-state index in [9.17, 15) is 14.4 Å². The lowest BCUT2D eigenvalue weighted by molar-refractivity contribution is -0.167. The van der Waals surface area contributed by atoms with E-state index in [0.717, 1.165) is 128 Å². The molecule has 0 amide bonds. The van der Waals surface area contributed by atoms with Crippen LogP contribution in [0.4, 0.5) is 0 Å². The summed E-state index contributed by atoms with van der Waals surface area (Å²) in [6.45, 7) is 6.32. The molecule has 0 saturated heterocycles. The highest BCUT2D eigenvalue weighted by Gasteiger charge is 2.19. The van der Waals surface area contributed by atoms with Gasteiger partial charge in [-0.3, -0.25) is 14.4 Å². The summed E-state index contributed by atoms with van der Waals surface area (Å²) in [5.41, 5.74) is 0. The van der Waals surface area contributed by atoms with Gasteiger partial charge >= 0.3 is 17.9 Å². The van der Waals surface area contributed by atoms with Gasteiger partial charge in [-0.1, -0.05) is 249 Å². The first kappa shape index (κ1) is 72.0. The predicted molar refractivity (Wildman–Crippen MR) is 334 cm³/mol. The van der Waals surface area contributed by atoms with Crippen LogP contribution in [-0.2, 0) is 28.6 Å². The van der Waals surface area contributed by atoms with Crippen molar-refractivity contribution in [2.24, 2.45) is 0 Å². The zero-order valence-electron chi connectivity index (χ0n) is 49.4. The van der Waals surface area contributed by atoms with E-state index in [4.69, 9.17) is 14.2 Å². The number of unbranched alkanes of at least 4 members (excludes halogenated alkanes) is 17. The van der Waals surface area contributed by atoms with Crippen molar-refractivity contribution in [3.8, 4) is 0 Å². The van der Waals surface area contributed by atoms with Crippen LogP contribution in [0.5, 0.6) is 0 Å². The molecule has 0 heterocycles. The van der Waals surface area contributed by atoms with E-state index in [0.29, 0.717) is 19.3 Å². The second-order valence-corrected chi connectivity index (χ2v) is 19.8. The van der Waals surface area contributed by atoms with Gasteiger partial charge in [-0.05, 0) is 141 Å². The van der Waals surface area contributed by atoms with E-state index in [1.54, 1.807) is 0 Å². The molecule has 6 nitrogen and oxygen atoms in total. The monoisotopic (exact) mass is 1060 g/mol. The summed E-state index contributed by atoms with van der Waals surface area (Å²) in [5, 5.41) is 0. The van der Waals surface area contributed by atoms with Crippen LogP contribution >= 0.6 is 0 Å². The molecule has 0 fully saturated rings. The number of hydrogen-bond donors (Lipinski definition) is 0. The van der Waals surface area contributed by atoms with E-state index in [-0.39, 0.29) is 37.5 Å². The Balaban J connectivity index is 4.55. The molecule has 1 atom stereocenters. The first-order chi connectivity index (χ1) is 38.0. The third-order valence-corrected chi connectivity index (χ3v) is 12.5. The average Bonchev–Trinajstić information content (AvgIpc) is 3.43. The van der Waals surface area contributed by atoms with Crippen molar-refractivity contribution in [3.63, 3.8) is 0 Å². The van der Waals surface area contributed by atoms with Gasteiger partial charge in [0.05, 0.1) is 0 Å². The molecule has 0 aromatic heterocycles. The van der Waals surface area contributed by atoms with Crippen molar-refractivity contribution in [3.05, 3.63) is 158 Å². The normalized spacial score (nSPS) is 13.2. The first-order valence-electron chi connectivity index (χ1n) is 31.0. The van der Waals surface area contributed by atoms with Gasteiger partial charge in [0.25, 0.3) is 0 Å². The lowest BCUT2D eigenvalue weighted by atomic mass is 10.1. The van der Waals surface area contributed by atoms with Crippen LogP contribution in [0.2, 0.25) is 0 Å². The van der Waals surface area contributed by atoms with E-state index in [1.165, 1.54) is 77.0 Å². The van der Waals surface area contributed by atoms with Gasteiger partial charge in [-0.25, -0.2) is 0 Å². The third-order valence-electron chi connectivity index (χ3n) is 12.5. The summed E-state index contributed by atoms with van der Waals surface area (Å²) in [6.07, 6.45) is 92.4. The molecule has 6 heteroatoms. The van der Waals surface area contributed by atoms with Gasteiger partial charge < -0.3 is 14.2 Å². The van der Waals surface area contributed by atoms with Crippen LogP contribution < -0.4 is 0 Å². The van der Waals surface area contributed by atoms with Crippen LogP contribution in [0, 0.1) is 0 Å². The zero-order chi connectivity index (χ0) is 55.7. The molecule has 0 aromatic rings. The fraction of sp³-hybridized carbons (Fsp3) is 0.592. The lowest BCUT2D eigenvalue weighted by Crippen LogP contribution is -2.30. The Bertz CT molecular complexity index is 1740. The molecule has 432 valence electrons. The van der Waals surface area contributed by atoms with Crippen molar-refractivity contribution in [1.82, 2.24) is 0 Å². The third kappa shape index (κ3) is 61.8. The minimum absolute atomic E-state index is 0.120. The van der Waals surface area contributed by atoms with Crippen LogP contribution in [0.1, 0.15) is 252 Å².